The molecule has 1 aromatic carbocycles. The van der Waals surface area contributed by atoms with E-state index in [1.165, 1.54) is 5.56 Å². The second kappa shape index (κ2) is 6.63. The molecule has 1 aliphatic rings. The van der Waals surface area contributed by atoms with Crippen LogP contribution in [0.4, 0.5) is 5.82 Å². The van der Waals surface area contributed by atoms with Gasteiger partial charge in [0.05, 0.1) is 6.20 Å². The van der Waals surface area contributed by atoms with Crippen molar-refractivity contribution >= 4 is 29.0 Å². The Morgan fingerprint density at radius 1 is 1.10 bits per heavy atom. The molecule has 110 valence electrons. The van der Waals surface area contributed by atoms with Crippen molar-refractivity contribution in [2.75, 3.05) is 18.0 Å². The maximum absolute atomic E-state index is 6.17. The number of piperidine rings is 1. The summed E-state index contributed by atoms with van der Waals surface area (Å²) in [5.41, 5.74) is 1.42. The summed E-state index contributed by atoms with van der Waals surface area (Å²) in [6, 6.07) is 10.7. The molecule has 3 rings (SSSR count). The fourth-order valence-electron chi connectivity index (χ4n) is 2.86. The molecule has 0 saturated carbocycles. The van der Waals surface area contributed by atoms with Crippen LogP contribution in [-0.4, -0.2) is 23.1 Å². The zero-order chi connectivity index (χ0) is 14.7. The highest BCUT2D eigenvalue weighted by Crippen LogP contribution is 2.29. The van der Waals surface area contributed by atoms with Crippen LogP contribution < -0.4 is 4.90 Å². The van der Waals surface area contributed by atoms with Crippen molar-refractivity contribution < 1.29 is 0 Å². The van der Waals surface area contributed by atoms with Gasteiger partial charge >= 0.3 is 0 Å². The molecule has 3 nitrogen and oxygen atoms in total. The molecule has 1 aliphatic heterocycles. The number of anilines is 1. The first-order valence-corrected chi connectivity index (χ1v) is 7.95. The van der Waals surface area contributed by atoms with Gasteiger partial charge in [0, 0.05) is 13.1 Å². The highest BCUT2D eigenvalue weighted by molar-refractivity contribution is 6.33. The normalized spacial score (nSPS) is 16.2. The summed E-state index contributed by atoms with van der Waals surface area (Å²) in [6.45, 7) is 1.93. The van der Waals surface area contributed by atoms with Gasteiger partial charge in [0.25, 0.3) is 0 Å². The van der Waals surface area contributed by atoms with Crippen LogP contribution in [0.15, 0.2) is 36.5 Å². The third-order valence-electron chi connectivity index (χ3n) is 3.98. The molecule has 1 aromatic heterocycles. The second-order valence-corrected chi connectivity index (χ2v) is 6.18. The maximum atomic E-state index is 6.17. The van der Waals surface area contributed by atoms with E-state index in [4.69, 9.17) is 23.2 Å². The van der Waals surface area contributed by atoms with Gasteiger partial charge in [-0.2, -0.15) is 4.98 Å². The van der Waals surface area contributed by atoms with E-state index in [1.807, 2.05) is 0 Å². The standard InChI is InChI=1S/C16H17Cl2N3/c17-14-11-19-16(18)20-15(14)21-8-6-13(7-9-21)10-12-4-2-1-3-5-12/h1-5,11,13H,6-10H2. The Labute approximate surface area is 134 Å². The Hall–Kier alpha value is -1.32. The summed E-state index contributed by atoms with van der Waals surface area (Å²) in [7, 11) is 0. The minimum atomic E-state index is 0.251. The first-order chi connectivity index (χ1) is 10.2. The molecule has 1 saturated heterocycles. The van der Waals surface area contributed by atoms with E-state index in [1.54, 1.807) is 6.20 Å². The van der Waals surface area contributed by atoms with E-state index < -0.39 is 0 Å². The van der Waals surface area contributed by atoms with Gasteiger partial charge in [-0.3, -0.25) is 0 Å². The topological polar surface area (TPSA) is 29.0 Å². The third-order valence-corrected chi connectivity index (χ3v) is 4.43. The molecule has 0 atom stereocenters. The molecule has 5 heteroatoms. The van der Waals surface area contributed by atoms with Crippen LogP contribution in [0.3, 0.4) is 0 Å². The van der Waals surface area contributed by atoms with Crippen molar-refractivity contribution in [2.24, 2.45) is 5.92 Å². The molecule has 0 aliphatic carbocycles. The third kappa shape index (κ3) is 3.66. The maximum Gasteiger partial charge on any atom is 0.224 e. The lowest BCUT2D eigenvalue weighted by Gasteiger charge is -2.33. The molecule has 0 spiro atoms. The van der Waals surface area contributed by atoms with Gasteiger partial charge in [-0.15, -0.1) is 0 Å². The average molecular weight is 322 g/mol. The lowest BCUT2D eigenvalue weighted by atomic mass is 9.90. The molecule has 0 bridgehead atoms. The van der Waals surface area contributed by atoms with E-state index in [0.717, 1.165) is 44.1 Å². The van der Waals surface area contributed by atoms with Crippen molar-refractivity contribution in [3.63, 3.8) is 0 Å². The minimum Gasteiger partial charge on any atom is -0.355 e. The van der Waals surface area contributed by atoms with Crippen LogP contribution in [0.1, 0.15) is 18.4 Å². The number of hydrogen-bond donors (Lipinski definition) is 0. The molecule has 0 radical (unpaired) electrons. The molecule has 0 unspecified atom stereocenters. The van der Waals surface area contributed by atoms with Crippen LogP contribution in [-0.2, 0) is 6.42 Å². The number of rotatable bonds is 3. The average Bonchev–Trinajstić information content (AvgIpc) is 2.52. The highest BCUT2D eigenvalue weighted by Gasteiger charge is 2.22. The predicted octanol–water partition coefficient (Wildman–Crippen LogP) is 4.24. The molecule has 21 heavy (non-hydrogen) atoms. The van der Waals surface area contributed by atoms with E-state index in [0.29, 0.717) is 5.02 Å². The van der Waals surface area contributed by atoms with E-state index >= 15 is 0 Å². The molecule has 0 amide bonds. The summed E-state index contributed by atoms with van der Waals surface area (Å²) in [6.07, 6.45) is 5.01. The van der Waals surface area contributed by atoms with Crippen LogP contribution in [0.5, 0.6) is 0 Å². The second-order valence-electron chi connectivity index (χ2n) is 5.43. The Morgan fingerprint density at radius 3 is 2.52 bits per heavy atom. The monoisotopic (exact) mass is 321 g/mol. The number of aromatic nitrogens is 2. The Kier molecular flexibility index (Phi) is 4.61. The summed E-state index contributed by atoms with van der Waals surface area (Å²) < 4.78 is 0. The molecule has 1 fully saturated rings. The molecular formula is C16H17Cl2N3. The van der Waals surface area contributed by atoms with Crippen LogP contribution in [0.25, 0.3) is 0 Å². The van der Waals surface area contributed by atoms with Crippen LogP contribution in [0, 0.1) is 5.92 Å². The van der Waals surface area contributed by atoms with Gasteiger partial charge in [-0.05, 0) is 42.3 Å². The van der Waals surface area contributed by atoms with Gasteiger partial charge in [-0.1, -0.05) is 41.9 Å². The molecular weight excluding hydrogens is 305 g/mol. The van der Waals surface area contributed by atoms with E-state index in [-0.39, 0.29) is 5.28 Å². The number of halogens is 2. The smallest absolute Gasteiger partial charge is 0.224 e. The zero-order valence-corrected chi connectivity index (χ0v) is 13.2. The lowest BCUT2D eigenvalue weighted by molar-refractivity contribution is 0.402. The summed E-state index contributed by atoms with van der Waals surface area (Å²) in [4.78, 5) is 10.4. The van der Waals surface area contributed by atoms with E-state index in [9.17, 15) is 0 Å². The molecule has 2 heterocycles. The minimum absolute atomic E-state index is 0.251. The van der Waals surface area contributed by atoms with Gasteiger partial charge in [-0.25, -0.2) is 4.98 Å². The first-order valence-electron chi connectivity index (χ1n) is 7.19. The Bertz CT molecular complexity index is 596. The number of nitrogens with zero attached hydrogens (tertiary/aromatic N) is 3. The fourth-order valence-corrected chi connectivity index (χ4v) is 3.19. The van der Waals surface area contributed by atoms with Gasteiger partial charge in [0.1, 0.15) is 5.02 Å². The lowest BCUT2D eigenvalue weighted by Crippen LogP contribution is -2.35. The molecule has 0 N–H and O–H groups in total. The number of benzene rings is 1. The largest absolute Gasteiger partial charge is 0.355 e. The summed E-state index contributed by atoms with van der Waals surface area (Å²) >= 11 is 12.0. The predicted molar refractivity (Wildman–Crippen MR) is 87.1 cm³/mol. The Balaban J connectivity index is 1.61. The van der Waals surface area contributed by atoms with Gasteiger partial charge in [0.2, 0.25) is 5.28 Å². The molecule has 2 aromatic rings. The summed E-state index contributed by atoms with van der Waals surface area (Å²) in [5.74, 6) is 1.48. The van der Waals surface area contributed by atoms with Crippen LogP contribution in [0.2, 0.25) is 10.3 Å². The van der Waals surface area contributed by atoms with Crippen molar-refractivity contribution in [3.05, 3.63) is 52.4 Å². The van der Waals surface area contributed by atoms with Crippen molar-refractivity contribution in [2.45, 2.75) is 19.3 Å². The summed E-state index contributed by atoms with van der Waals surface area (Å²) in [5, 5.41) is 0.821. The van der Waals surface area contributed by atoms with E-state index in [2.05, 4.69) is 45.2 Å². The van der Waals surface area contributed by atoms with Crippen molar-refractivity contribution in [3.8, 4) is 0 Å². The quantitative estimate of drug-likeness (QED) is 0.792. The van der Waals surface area contributed by atoms with Crippen molar-refractivity contribution in [1.29, 1.82) is 0 Å². The Morgan fingerprint density at radius 2 is 1.81 bits per heavy atom. The van der Waals surface area contributed by atoms with Crippen LogP contribution >= 0.6 is 23.2 Å². The SMILES string of the molecule is Clc1ncc(Cl)c(N2CCC(Cc3ccccc3)CC2)n1. The van der Waals surface area contributed by atoms with Gasteiger partial charge < -0.3 is 4.90 Å². The van der Waals surface area contributed by atoms with Gasteiger partial charge in [0.15, 0.2) is 5.82 Å². The fraction of sp³-hybridized carbons (Fsp3) is 0.375. The zero-order valence-electron chi connectivity index (χ0n) is 11.7. The number of hydrogen-bond acceptors (Lipinski definition) is 3. The first kappa shape index (κ1) is 14.6. The van der Waals surface area contributed by atoms with Crippen molar-refractivity contribution in [1.82, 2.24) is 9.97 Å². The highest BCUT2D eigenvalue weighted by atomic mass is 35.5.